The number of nitrogens with two attached hydrogens (primary N) is 6. The van der Waals surface area contributed by atoms with E-state index < -0.39 is 0 Å². The topological polar surface area (TPSA) is 429 Å². The van der Waals surface area contributed by atoms with Gasteiger partial charge >= 0.3 is 0 Å². The molecule has 12 aromatic carbocycles. The van der Waals surface area contributed by atoms with Gasteiger partial charge in [0.2, 0.25) is 0 Å². The van der Waals surface area contributed by atoms with E-state index in [1.54, 1.807) is 76.9 Å². The molecular weight excluding hydrogens is 1950 g/mol. The Kier molecular flexibility index (Phi) is 28.8. The first-order valence-electron chi connectivity index (χ1n) is 48.6. The fourth-order valence-electron chi connectivity index (χ4n) is 18.7. The third-order valence-electron chi connectivity index (χ3n) is 25.8. The van der Waals surface area contributed by atoms with Gasteiger partial charge in [-0.15, -0.1) is 0 Å². The molecule has 0 atom stereocenters. The first-order valence-corrected chi connectivity index (χ1v) is 53.5. The largest absolute Gasteiger partial charge is 0.383 e. The van der Waals surface area contributed by atoms with Gasteiger partial charge in [0.15, 0.2) is 33.9 Å². The molecule has 0 aliphatic heterocycles. The van der Waals surface area contributed by atoms with Crippen LogP contribution in [0.1, 0.15) is 124 Å². The summed E-state index contributed by atoms with van der Waals surface area (Å²) in [7, 11) is 0. The summed E-state index contributed by atoms with van der Waals surface area (Å²) in [6, 6.07) is 88.9. The highest BCUT2D eigenvalue weighted by molar-refractivity contribution is 8.01. The Hall–Kier alpha value is -15.6. The van der Waals surface area contributed by atoms with Crippen LogP contribution in [0.4, 0.5) is 34.9 Å². The Morgan fingerprint density at radius 3 is 0.918 bits per heavy atom. The van der Waals surface area contributed by atoms with Crippen LogP contribution in [0.15, 0.2) is 352 Å². The Morgan fingerprint density at radius 2 is 0.565 bits per heavy atom. The number of aromatic nitrogens is 24. The lowest BCUT2D eigenvalue weighted by atomic mass is 10.1. The van der Waals surface area contributed by atoms with Crippen molar-refractivity contribution in [2.75, 3.05) is 34.4 Å². The summed E-state index contributed by atoms with van der Waals surface area (Å²) < 4.78 is 9.88. The van der Waals surface area contributed by atoms with E-state index in [1.165, 1.54) is 145 Å². The molecule has 0 spiro atoms. The zero-order valence-electron chi connectivity index (χ0n) is 81.4. The molecule has 36 heteroatoms. The minimum absolute atomic E-state index is 0.198. The molecule has 0 amide bonds. The van der Waals surface area contributed by atoms with Crippen molar-refractivity contribution in [2.45, 2.75) is 195 Å². The van der Waals surface area contributed by atoms with Crippen molar-refractivity contribution >= 4 is 236 Å². The molecule has 2 aliphatic rings. The number of benzene rings is 12. The van der Waals surface area contributed by atoms with Crippen molar-refractivity contribution in [1.82, 2.24) is 119 Å². The molecule has 13 N–H and O–H groups in total. The van der Waals surface area contributed by atoms with Crippen LogP contribution >= 0.6 is 70.6 Å². The van der Waals surface area contributed by atoms with Crippen molar-refractivity contribution in [3.63, 3.8) is 0 Å². The summed E-state index contributed by atoms with van der Waals surface area (Å²) in [5.41, 5.74) is 41.3. The van der Waals surface area contributed by atoms with Crippen molar-refractivity contribution in [3.8, 4) is 0 Å². The Balaban J connectivity index is 0.000000104. The van der Waals surface area contributed by atoms with Crippen LogP contribution < -0.4 is 34.4 Å². The van der Waals surface area contributed by atoms with Crippen molar-refractivity contribution < 1.29 is 0 Å². The predicted octanol–water partition coefficient (Wildman–Crippen LogP) is 26.2. The highest BCUT2D eigenvalue weighted by atomic mass is 32.2. The van der Waals surface area contributed by atoms with Gasteiger partial charge in [0.05, 0.1) is 49.9 Å². The SMILES string of the molecule is CC(C)(C)n1nc(Sc2cccc3ccccc23)c2c(N)ncnc21.CC(C)n1nc(Sc2cccc3ccccc23)c2c(N)ncnc21.CCn1nc(Sc2cccc3ccccc23)c2c(N)ncnc21.Nc1ncnc2[nH]nc(Sc3cccc4ccccc34)c12.Nc1ncnc2c1c(Sc1cccc3ccccc13)nn2C1CCCC1.Nc1ncnc2c1c(Sc1cccc3ccccc13)nn2C1CCCCCC1. The first-order chi connectivity index (χ1) is 71.8. The summed E-state index contributed by atoms with van der Waals surface area (Å²) in [5, 5.41) is 56.0. The van der Waals surface area contributed by atoms with E-state index in [0.29, 0.717) is 52.6 Å². The highest BCUT2D eigenvalue weighted by Crippen LogP contribution is 2.47. The van der Waals surface area contributed by atoms with Crippen LogP contribution in [0.25, 0.3) is 131 Å². The number of anilines is 6. The van der Waals surface area contributed by atoms with Crippen LogP contribution in [0.2, 0.25) is 0 Å². The molecule has 0 radical (unpaired) electrons. The van der Waals surface area contributed by atoms with Crippen LogP contribution in [0.5, 0.6) is 0 Å². The molecule has 12 aromatic heterocycles. The number of rotatable bonds is 16. The molecule has 26 rings (SSSR count). The number of aromatic amines is 1. The fraction of sp³-hybridized carbons (Fsp3) is 0.189. The molecule has 24 aromatic rings. The Morgan fingerprint density at radius 1 is 0.293 bits per heavy atom. The molecule has 30 nitrogen and oxygen atoms in total. The summed E-state index contributed by atoms with van der Waals surface area (Å²) in [6.45, 7) is 13.2. The van der Waals surface area contributed by atoms with Gasteiger partial charge in [0, 0.05) is 42.0 Å². The average Bonchev–Trinajstić information content (AvgIpc) is 1.63. The fourth-order valence-corrected chi connectivity index (χ4v) is 25.1. The van der Waals surface area contributed by atoms with E-state index in [-0.39, 0.29) is 11.6 Å². The zero-order chi connectivity index (χ0) is 101. The minimum Gasteiger partial charge on any atom is -0.383 e. The highest BCUT2D eigenvalue weighted by Gasteiger charge is 2.30. The van der Waals surface area contributed by atoms with Gasteiger partial charge in [0.25, 0.3) is 0 Å². The molecule has 0 bridgehead atoms. The third kappa shape index (κ3) is 20.6. The van der Waals surface area contributed by atoms with E-state index >= 15 is 0 Å². The lowest BCUT2D eigenvalue weighted by Crippen LogP contribution is -2.23. The normalized spacial score (nSPS) is 13.1. The minimum atomic E-state index is -0.198. The molecule has 147 heavy (non-hydrogen) atoms. The molecule has 0 saturated heterocycles. The van der Waals surface area contributed by atoms with E-state index in [0.717, 1.165) is 143 Å². The number of hydrogen-bond donors (Lipinski definition) is 7. The molecule has 2 saturated carbocycles. The molecule has 2 fully saturated rings. The van der Waals surface area contributed by atoms with E-state index in [9.17, 15) is 0 Å². The van der Waals surface area contributed by atoms with E-state index in [1.807, 2.05) is 63.4 Å². The van der Waals surface area contributed by atoms with Crippen molar-refractivity contribution in [1.29, 1.82) is 0 Å². The number of hydrogen-bond acceptors (Lipinski definition) is 30. The molecule has 0 unspecified atom stereocenters. The number of nitrogens with zero attached hydrogens (tertiary/aromatic N) is 23. The molecule has 2 aliphatic carbocycles. The summed E-state index contributed by atoms with van der Waals surface area (Å²) in [5.74, 6) is 2.85. The van der Waals surface area contributed by atoms with Crippen LogP contribution in [0, 0.1) is 0 Å². The van der Waals surface area contributed by atoms with Gasteiger partial charge in [0.1, 0.15) is 103 Å². The van der Waals surface area contributed by atoms with Crippen LogP contribution in [0.3, 0.4) is 0 Å². The van der Waals surface area contributed by atoms with Gasteiger partial charge in [-0.2, -0.15) is 30.6 Å². The van der Waals surface area contributed by atoms with Gasteiger partial charge < -0.3 is 34.4 Å². The van der Waals surface area contributed by atoms with Crippen LogP contribution in [-0.4, -0.2) is 119 Å². The van der Waals surface area contributed by atoms with Crippen molar-refractivity contribution in [3.05, 3.63) is 293 Å². The zero-order valence-corrected chi connectivity index (χ0v) is 86.3. The van der Waals surface area contributed by atoms with Gasteiger partial charge in [-0.25, -0.2) is 83.2 Å². The lowest BCUT2D eigenvalue weighted by molar-refractivity contribution is 0.360. The maximum absolute atomic E-state index is 6.28. The van der Waals surface area contributed by atoms with Crippen molar-refractivity contribution in [2.24, 2.45) is 0 Å². The predicted molar refractivity (Wildman–Crippen MR) is 598 cm³/mol. The molecule has 12 heterocycles. The Bertz CT molecular complexity index is 8920. The van der Waals surface area contributed by atoms with Crippen LogP contribution in [-0.2, 0) is 12.1 Å². The summed E-state index contributed by atoms with van der Waals surface area (Å²) in [4.78, 5) is 58.2. The second kappa shape index (κ2) is 43.4. The quantitative estimate of drug-likeness (QED) is 0.0442. The second-order valence-electron chi connectivity index (χ2n) is 36.7. The second-order valence-corrected chi connectivity index (χ2v) is 42.9. The summed E-state index contributed by atoms with van der Waals surface area (Å²) >= 11 is 9.69. The van der Waals surface area contributed by atoms with Gasteiger partial charge in [-0.05, 0) is 168 Å². The Labute approximate surface area is 871 Å². The molecule has 734 valence electrons. The maximum atomic E-state index is 6.28. The average molecular weight is 2050 g/mol. The van der Waals surface area contributed by atoms with Gasteiger partial charge in [-0.1, -0.05) is 327 Å². The maximum Gasteiger partial charge on any atom is 0.165 e. The number of fused-ring (bicyclic) bond motifs is 12. The molecular formula is C111H104N30S6. The smallest absolute Gasteiger partial charge is 0.165 e. The van der Waals surface area contributed by atoms with Gasteiger partial charge in [-0.3, -0.25) is 5.10 Å². The standard InChI is InChI=1S/C22H23N5S.C20H19N5S.C19H19N5S.C18H17N5S.C17H15N5S.C15H11N5S/c23-20-19-21(25-14-24-20)27(16-10-3-1-2-4-11-16)26-22(19)28-18-13-7-9-15-8-5-6-12-17(15)18;21-18-17-19(23-12-22-18)25(14-8-2-3-9-14)24-20(17)26-16-11-5-7-13-6-1-4-10-15(13)16;1-19(2,3)24-17-15(16(20)21-11-22-17)18(23-24)25-14-10-6-8-12-7-4-5-9-13(12)14;1-11(2)23-17-15(16(19)20-10-21-17)18(22-23)24-14-9-5-7-12-6-3-4-8-13(12)14;1-2-22-16-14(15(18)19-10-20-16)17(21-22)23-13-9-5-7-11-6-3-4-8-12(11)13;16-13-12-14(18-8-17-13)19-20-15(12)21-11-7-3-5-9-4-1-2-6-10(9)11/h5-9,12-14,16H,1-4,10-11H2,(H2,23,24,25);1,4-7,10-12,14H,2-3,8-9H2,(H2,21,22,23);4-11H,1-3H3,(H2,20,21,22);3-11H,1-2H3,(H2,19,20,21);3-10H,2H2,1H3,(H2,18,19,20);1-8H,(H3,16,17,18,19,20). The number of nitrogens with one attached hydrogen (secondary N) is 1. The first kappa shape index (κ1) is 97.5. The number of aryl methyl sites for hydroxylation is 1. The van der Waals surface area contributed by atoms with E-state index in [2.05, 4.69) is 331 Å². The third-order valence-corrected chi connectivity index (χ3v) is 32.1. The van der Waals surface area contributed by atoms with E-state index in [4.69, 9.17) is 54.8 Å². The lowest BCUT2D eigenvalue weighted by Gasteiger charge is -2.19. The summed E-state index contributed by atoms with van der Waals surface area (Å²) in [6.07, 6.45) is 21.2. The monoisotopic (exact) mass is 2050 g/mol. The number of nitrogen functional groups attached to an aromatic ring is 6. The number of H-pyrrole nitrogens is 1.